The van der Waals surface area contributed by atoms with Crippen LogP contribution in [0.2, 0.25) is 5.02 Å². The van der Waals surface area contributed by atoms with Gasteiger partial charge in [-0.25, -0.2) is 8.42 Å². The van der Waals surface area contributed by atoms with Crippen molar-refractivity contribution in [2.45, 2.75) is 11.5 Å². The molecule has 0 spiro atoms. The fourth-order valence-electron chi connectivity index (χ4n) is 2.67. The largest absolute Gasteiger partial charge is 0.375 e. The molecule has 0 unspecified atom stereocenters. The van der Waals surface area contributed by atoms with Crippen LogP contribution in [-0.4, -0.2) is 27.5 Å². The Hall–Kier alpha value is -2.87. The molecule has 8 heteroatoms. The van der Waals surface area contributed by atoms with Crippen molar-refractivity contribution < 1.29 is 17.9 Å². The summed E-state index contributed by atoms with van der Waals surface area (Å²) in [5, 5.41) is 2.88. The Morgan fingerprint density at radius 2 is 1.60 bits per heavy atom. The topological polar surface area (TPSA) is 84.5 Å². The van der Waals surface area contributed by atoms with Crippen molar-refractivity contribution in [2.75, 3.05) is 17.9 Å². The summed E-state index contributed by atoms with van der Waals surface area (Å²) in [5.74, 6) is -0.360. The van der Waals surface area contributed by atoms with E-state index in [1.807, 2.05) is 30.3 Å². The fraction of sp³-hybridized carbons (Fsp3) is 0.136. The lowest BCUT2D eigenvalue weighted by Crippen LogP contribution is -2.27. The molecule has 1 amide bonds. The number of ether oxygens (including phenoxy) is 1. The number of benzene rings is 3. The van der Waals surface area contributed by atoms with Crippen LogP contribution < -0.4 is 10.0 Å². The van der Waals surface area contributed by atoms with E-state index in [-0.39, 0.29) is 27.1 Å². The van der Waals surface area contributed by atoms with Crippen LogP contribution in [0.5, 0.6) is 0 Å². The van der Waals surface area contributed by atoms with Crippen molar-refractivity contribution in [1.82, 2.24) is 5.32 Å². The molecule has 2 N–H and O–H groups in total. The predicted molar refractivity (Wildman–Crippen MR) is 117 cm³/mol. The van der Waals surface area contributed by atoms with E-state index in [9.17, 15) is 13.2 Å². The first-order valence-corrected chi connectivity index (χ1v) is 11.1. The Morgan fingerprint density at radius 1 is 0.933 bits per heavy atom. The number of halogens is 1. The molecule has 6 nitrogen and oxygen atoms in total. The summed E-state index contributed by atoms with van der Waals surface area (Å²) in [4.78, 5) is 12.5. The fourth-order valence-corrected chi connectivity index (χ4v) is 4.01. The molecule has 30 heavy (non-hydrogen) atoms. The van der Waals surface area contributed by atoms with Gasteiger partial charge in [0.15, 0.2) is 0 Å². The molecule has 0 aliphatic rings. The maximum Gasteiger partial charge on any atom is 0.261 e. The van der Waals surface area contributed by atoms with E-state index < -0.39 is 10.0 Å². The van der Waals surface area contributed by atoms with Gasteiger partial charge in [-0.3, -0.25) is 9.52 Å². The van der Waals surface area contributed by atoms with E-state index >= 15 is 0 Å². The number of sulfonamides is 1. The van der Waals surface area contributed by atoms with E-state index in [4.69, 9.17) is 16.3 Å². The molecule has 0 bridgehead atoms. The first kappa shape index (κ1) is 21.8. The zero-order chi connectivity index (χ0) is 21.4. The van der Waals surface area contributed by atoms with E-state index in [0.29, 0.717) is 19.8 Å². The molecule has 3 aromatic rings. The van der Waals surface area contributed by atoms with Crippen molar-refractivity contribution in [3.05, 3.63) is 95.0 Å². The first-order valence-electron chi connectivity index (χ1n) is 9.23. The second kappa shape index (κ2) is 10.2. The molecular weight excluding hydrogens is 424 g/mol. The van der Waals surface area contributed by atoms with Crippen molar-refractivity contribution >= 4 is 33.2 Å². The van der Waals surface area contributed by atoms with Gasteiger partial charge in [0.05, 0.1) is 34.4 Å². The van der Waals surface area contributed by atoms with Crippen LogP contribution >= 0.6 is 11.6 Å². The second-order valence-corrected chi connectivity index (χ2v) is 8.50. The van der Waals surface area contributed by atoms with Crippen LogP contribution in [0.4, 0.5) is 5.69 Å². The number of hydrogen-bond acceptors (Lipinski definition) is 4. The highest BCUT2D eigenvalue weighted by Gasteiger charge is 2.16. The third-order valence-electron chi connectivity index (χ3n) is 4.16. The third kappa shape index (κ3) is 6.06. The molecule has 0 fully saturated rings. The molecule has 0 saturated heterocycles. The SMILES string of the molecule is O=C(NCCOCc1ccccc1)c1ccc(NS(=O)(=O)c2ccccc2)cc1Cl. The Balaban J connectivity index is 1.52. The van der Waals surface area contributed by atoms with Gasteiger partial charge in [-0.05, 0) is 35.9 Å². The number of rotatable bonds is 9. The summed E-state index contributed by atoms with van der Waals surface area (Å²) >= 11 is 6.19. The van der Waals surface area contributed by atoms with Gasteiger partial charge in [0.25, 0.3) is 15.9 Å². The number of nitrogens with one attached hydrogen (secondary N) is 2. The molecule has 3 rings (SSSR count). The summed E-state index contributed by atoms with van der Waals surface area (Å²) in [7, 11) is -3.73. The zero-order valence-electron chi connectivity index (χ0n) is 16.0. The molecular formula is C22H21ClN2O4S. The van der Waals surface area contributed by atoms with Crippen LogP contribution in [0.25, 0.3) is 0 Å². The third-order valence-corrected chi connectivity index (χ3v) is 5.87. The summed E-state index contributed by atoms with van der Waals surface area (Å²) in [5.41, 5.74) is 1.58. The molecule has 0 heterocycles. The van der Waals surface area contributed by atoms with E-state index in [0.717, 1.165) is 5.56 Å². The molecule has 0 atom stereocenters. The number of anilines is 1. The van der Waals surface area contributed by atoms with Gasteiger partial charge in [-0.2, -0.15) is 0 Å². The lowest BCUT2D eigenvalue weighted by atomic mass is 10.2. The standard InChI is InChI=1S/C22H21ClN2O4S/c23-21-15-18(25-30(27,28)19-9-5-2-6-10-19)11-12-20(21)22(26)24-13-14-29-16-17-7-3-1-4-8-17/h1-12,15,25H,13-14,16H2,(H,24,26). The van der Waals surface area contributed by atoms with Gasteiger partial charge in [0.1, 0.15) is 0 Å². The first-order chi connectivity index (χ1) is 14.5. The lowest BCUT2D eigenvalue weighted by molar-refractivity contribution is 0.0901. The van der Waals surface area contributed by atoms with Crippen LogP contribution in [0, 0.1) is 0 Å². The smallest absolute Gasteiger partial charge is 0.261 e. The van der Waals surface area contributed by atoms with E-state index in [1.54, 1.807) is 18.2 Å². The van der Waals surface area contributed by atoms with Gasteiger partial charge in [-0.15, -0.1) is 0 Å². The minimum Gasteiger partial charge on any atom is -0.375 e. The minimum atomic E-state index is -3.73. The maximum atomic E-state index is 12.4. The molecule has 0 aliphatic heterocycles. The highest BCUT2D eigenvalue weighted by Crippen LogP contribution is 2.23. The Bertz CT molecular complexity index is 1090. The van der Waals surface area contributed by atoms with Crippen LogP contribution in [0.3, 0.4) is 0 Å². The van der Waals surface area contributed by atoms with Gasteiger partial charge < -0.3 is 10.1 Å². The van der Waals surface area contributed by atoms with Crippen LogP contribution in [0.1, 0.15) is 15.9 Å². The van der Waals surface area contributed by atoms with Gasteiger partial charge in [0.2, 0.25) is 0 Å². The lowest BCUT2D eigenvalue weighted by Gasteiger charge is -2.11. The van der Waals surface area contributed by atoms with Crippen LogP contribution in [0.15, 0.2) is 83.8 Å². The van der Waals surface area contributed by atoms with Gasteiger partial charge in [-0.1, -0.05) is 60.1 Å². The average Bonchev–Trinajstić information content (AvgIpc) is 2.74. The van der Waals surface area contributed by atoms with Crippen molar-refractivity contribution in [3.63, 3.8) is 0 Å². The minimum absolute atomic E-state index is 0.137. The van der Waals surface area contributed by atoms with Crippen LogP contribution in [-0.2, 0) is 21.4 Å². The quantitative estimate of drug-likeness (QED) is 0.487. The maximum absolute atomic E-state index is 12.4. The molecule has 156 valence electrons. The Kier molecular flexibility index (Phi) is 7.46. The molecule has 0 aliphatic carbocycles. The van der Waals surface area contributed by atoms with Crippen molar-refractivity contribution in [3.8, 4) is 0 Å². The van der Waals surface area contributed by atoms with Crippen molar-refractivity contribution in [1.29, 1.82) is 0 Å². The molecule has 0 radical (unpaired) electrons. The molecule has 0 saturated carbocycles. The number of carbonyl (C=O) groups excluding carboxylic acids is 1. The summed E-state index contributed by atoms with van der Waals surface area (Å²) in [6, 6.07) is 22.1. The number of hydrogen-bond donors (Lipinski definition) is 2. The number of carbonyl (C=O) groups is 1. The predicted octanol–water partition coefficient (Wildman–Crippen LogP) is 4.09. The second-order valence-electron chi connectivity index (χ2n) is 6.41. The zero-order valence-corrected chi connectivity index (χ0v) is 17.6. The number of amides is 1. The monoisotopic (exact) mass is 444 g/mol. The van der Waals surface area contributed by atoms with Gasteiger partial charge >= 0.3 is 0 Å². The van der Waals surface area contributed by atoms with Crippen molar-refractivity contribution in [2.24, 2.45) is 0 Å². The van der Waals surface area contributed by atoms with E-state index in [2.05, 4.69) is 10.0 Å². The Labute approximate surface area is 180 Å². The average molecular weight is 445 g/mol. The molecule has 0 aromatic heterocycles. The Morgan fingerprint density at radius 3 is 2.27 bits per heavy atom. The molecule has 3 aromatic carbocycles. The van der Waals surface area contributed by atoms with E-state index in [1.165, 1.54) is 30.3 Å². The summed E-state index contributed by atoms with van der Waals surface area (Å²) in [6.45, 7) is 1.14. The highest BCUT2D eigenvalue weighted by molar-refractivity contribution is 7.92. The highest BCUT2D eigenvalue weighted by atomic mass is 35.5. The summed E-state index contributed by atoms with van der Waals surface area (Å²) in [6.07, 6.45) is 0. The summed E-state index contributed by atoms with van der Waals surface area (Å²) < 4.78 is 32.8. The normalized spacial score (nSPS) is 11.1. The van der Waals surface area contributed by atoms with Gasteiger partial charge in [0, 0.05) is 6.54 Å².